The molecule has 3 fully saturated rings. The monoisotopic (exact) mass is 319 g/mol. The zero-order valence-corrected chi connectivity index (χ0v) is 13.5. The molecule has 126 valence electrons. The first-order valence-electron chi connectivity index (χ1n) is 8.82. The molecule has 2 N–H and O–H groups in total. The summed E-state index contributed by atoms with van der Waals surface area (Å²) in [4.78, 5) is 21.0. The minimum Gasteiger partial charge on any atom is -0.339 e. The Morgan fingerprint density at radius 3 is 2.57 bits per heavy atom. The molecule has 0 spiro atoms. The van der Waals surface area contributed by atoms with Crippen LogP contribution in [0.1, 0.15) is 62.6 Å². The maximum absolute atomic E-state index is 12.6. The van der Waals surface area contributed by atoms with Crippen LogP contribution in [0.2, 0.25) is 0 Å². The SMILES string of the molecule is NC1(c2noc(C3CCCN(C(=O)N4CCCC4)C3)n2)CCC1. The summed E-state index contributed by atoms with van der Waals surface area (Å²) in [5.41, 5.74) is 5.88. The largest absolute Gasteiger partial charge is 0.339 e. The molecule has 7 nitrogen and oxygen atoms in total. The normalized spacial score (nSPS) is 27.1. The van der Waals surface area contributed by atoms with Gasteiger partial charge in [0.2, 0.25) is 5.89 Å². The second-order valence-electron chi connectivity index (χ2n) is 7.23. The van der Waals surface area contributed by atoms with Crippen molar-refractivity contribution in [2.45, 2.75) is 56.4 Å². The minimum absolute atomic E-state index is 0.139. The van der Waals surface area contributed by atoms with E-state index in [0.29, 0.717) is 18.3 Å². The van der Waals surface area contributed by atoms with Gasteiger partial charge in [-0.1, -0.05) is 5.16 Å². The number of carbonyl (C=O) groups excluding carboxylic acids is 1. The van der Waals surface area contributed by atoms with Crippen LogP contribution in [0.4, 0.5) is 4.79 Å². The zero-order valence-electron chi connectivity index (χ0n) is 13.5. The molecular weight excluding hydrogens is 294 g/mol. The highest BCUT2D eigenvalue weighted by Crippen LogP contribution is 2.38. The molecule has 1 atom stereocenters. The summed E-state index contributed by atoms with van der Waals surface area (Å²) in [6, 6.07) is 0.168. The third kappa shape index (κ3) is 2.71. The van der Waals surface area contributed by atoms with Crippen molar-refractivity contribution in [2.24, 2.45) is 5.73 Å². The predicted molar refractivity (Wildman–Crippen MR) is 83.8 cm³/mol. The summed E-state index contributed by atoms with van der Waals surface area (Å²) >= 11 is 0. The lowest BCUT2D eigenvalue weighted by atomic mass is 9.77. The average molecular weight is 319 g/mol. The summed E-state index contributed by atoms with van der Waals surface area (Å²) in [6.07, 6.45) is 7.19. The highest BCUT2D eigenvalue weighted by atomic mass is 16.5. The number of piperidine rings is 1. The number of rotatable bonds is 2. The molecule has 4 rings (SSSR count). The van der Waals surface area contributed by atoms with Gasteiger partial charge in [0.1, 0.15) is 0 Å². The van der Waals surface area contributed by atoms with Crippen LogP contribution in [0.25, 0.3) is 0 Å². The van der Waals surface area contributed by atoms with Crippen molar-refractivity contribution in [1.82, 2.24) is 19.9 Å². The van der Waals surface area contributed by atoms with Crippen LogP contribution in [-0.2, 0) is 5.54 Å². The number of amides is 2. The molecule has 3 aliphatic rings. The highest BCUT2D eigenvalue weighted by molar-refractivity contribution is 5.74. The summed E-state index contributed by atoms with van der Waals surface area (Å²) in [6.45, 7) is 3.28. The summed E-state index contributed by atoms with van der Waals surface area (Å²) in [5, 5.41) is 4.11. The molecule has 1 saturated carbocycles. The van der Waals surface area contributed by atoms with Crippen LogP contribution in [0.15, 0.2) is 4.52 Å². The lowest BCUT2D eigenvalue weighted by Gasteiger charge is -2.35. The van der Waals surface area contributed by atoms with Crippen molar-refractivity contribution in [2.75, 3.05) is 26.2 Å². The molecule has 1 unspecified atom stereocenters. The maximum Gasteiger partial charge on any atom is 0.320 e. The minimum atomic E-state index is -0.387. The van der Waals surface area contributed by atoms with E-state index in [1.807, 2.05) is 9.80 Å². The van der Waals surface area contributed by atoms with E-state index in [1.165, 1.54) is 0 Å². The number of carbonyl (C=O) groups is 1. The third-order valence-corrected chi connectivity index (χ3v) is 5.55. The number of hydrogen-bond donors (Lipinski definition) is 1. The molecule has 0 radical (unpaired) electrons. The Bertz CT molecular complexity index is 577. The molecular formula is C16H25N5O2. The molecule has 2 aliphatic heterocycles. The third-order valence-electron chi connectivity index (χ3n) is 5.55. The van der Waals surface area contributed by atoms with E-state index in [0.717, 1.165) is 64.6 Å². The van der Waals surface area contributed by atoms with Gasteiger partial charge in [0.15, 0.2) is 5.82 Å². The average Bonchev–Trinajstić information content (AvgIpc) is 3.23. The Labute approximate surface area is 136 Å². The fourth-order valence-corrected chi connectivity index (χ4v) is 3.85. The molecule has 3 heterocycles. The first-order chi connectivity index (χ1) is 11.2. The van der Waals surface area contributed by atoms with Crippen LogP contribution in [0.5, 0.6) is 0 Å². The fourth-order valence-electron chi connectivity index (χ4n) is 3.85. The summed E-state index contributed by atoms with van der Waals surface area (Å²) in [7, 11) is 0. The maximum atomic E-state index is 12.6. The van der Waals surface area contributed by atoms with E-state index in [1.54, 1.807) is 0 Å². The van der Waals surface area contributed by atoms with Gasteiger partial charge in [-0.25, -0.2) is 4.79 Å². The van der Waals surface area contributed by atoms with Crippen molar-refractivity contribution >= 4 is 6.03 Å². The topological polar surface area (TPSA) is 88.5 Å². The second-order valence-corrected chi connectivity index (χ2v) is 7.23. The molecule has 0 bridgehead atoms. The highest BCUT2D eigenvalue weighted by Gasteiger charge is 2.40. The first kappa shape index (κ1) is 14.9. The number of hydrogen-bond acceptors (Lipinski definition) is 5. The Hall–Kier alpha value is -1.63. The van der Waals surface area contributed by atoms with E-state index in [9.17, 15) is 4.79 Å². The molecule has 7 heteroatoms. The van der Waals surface area contributed by atoms with Gasteiger partial charge in [-0.2, -0.15) is 4.98 Å². The van der Waals surface area contributed by atoms with E-state index < -0.39 is 0 Å². The van der Waals surface area contributed by atoms with Crippen molar-refractivity contribution in [3.63, 3.8) is 0 Å². The zero-order chi connectivity index (χ0) is 15.9. The molecule has 1 aromatic heterocycles. The summed E-state index contributed by atoms with van der Waals surface area (Å²) < 4.78 is 5.49. The Morgan fingerprint density at radius 2 is 1.87 bits per heavy atom. The van der Waals surface area contributed by atoms with Crippen LogP contribution in [0.3, 0.4) is 0 Å². The Morgan fingerprint density at radius 1 is 1.13 bits per heavy atom. The van der Waals surface area contributed by atoms with Crippen molar-refractivity contribution in [1.29, 1.82) is 0 Å². The smallest absolute Gasteiger partial charge is 0.320 e. The molecule has 2 saturated heterocycles. The van der Waals surface area contributed by atoms with Gasteiger partial charge in [0.25, 0.3) is 0 Å². The standard InChI is InChI=1S/C16H25N5O2/c17-16(6-4-7-16)14-18-13(23-19-14)12-5-3-10-21(11-12)15(22)20-8-1-2-9-20/h12H,1-11,17H2. The number of aromatic nitrogens is 2. The fraction of sp³-hybridized carbons (Fsp3) is 0.812. The van der Waals surface area contributed by atoms with Gasteiger partial charge in [-0.3, -0.25) is 0 Å². The van der Waals surface area contributed by atoms with Gasteiger partial charge in [-0.15, -0.1) is 0 Å². The Balaban J connectivity index is 1.43. The van der Waals surface area contributed by atoms with E-state index >= 15 is 0 Å². The number of urea groups is 1. The van der Waals surface area contributed by atoms with Crippen molar-refractivity contribution in [3.05, 3.63) is 11.7 Å². The molecule has 23 heavy (non-hydrogen) atoms. The number of nitrogens with zero attached hydrogens (tertiary/aromatic N) is 4. The van der Waals surface area contributed by atoms with Gasteiger partial charge in [0, 0.05) is 26.2 Å². The van der Waals surface area contributed by atoms with Crippen molar-refractivity contribution in [3.8, 4) is 0 Å². The van der Waals surface area contributed by atoms with Gasteiger partial charge in [-0.05, 0) is 44.9 Å². The Kier molecular flexibility index (Phi) is 3.75. The quantitative estimate of drug-likeness (QED) is 0.898. The number of nitrogens with two attached hydrogens (primary N) is 1. The van der Waals surface area contributed by atoms with Crippen LogP contribution < -0.4 is 5.73 Å². The van der Waals surface area contributed by atoms with E-state index in [2.05, 4.69) is 10.1 Å². The molecule has 1 aliphatic carbocycles. The second kappa shape index (κ2) is 5.78. The lowest BCUT2D eigenvalue weighted by molar-refractivity contribution is 0.142. The molecule has 2 amide bonds. The van der Waals surface area contributed by atoms with Gasteiger partial charge >= 0.3 is 6.03 Å². The first-order valence-corrected chi connectivity index (χ1v) is 8.82. The molecule has 0 aromatic carbocycles. The van der Waals surface area contributed by atoms with Gasteiger partial charge < -0.3 is 20.1 Å². The van der Waals surface area contributed by atoms with Crippen LogP contribution in [-0.4, -0.2) is 52.2 Å². The van der Waals surface area contributed by atoms with Crippen LogP contribution >= 0.6 is 0 Å². The summed E-state index contributed by atoms with van der Waals surface area (Å²) in [5.74, 6) is 1.43. The number of likely N-dealkylation sites (tertiary alicyclic amines) is 2. The van der Waals surface area contributed by atoms with Crippen molar-refractivity contribution < 1.29 is 9.32 Å². The van der Waals surface area contributed by atoms with E-state index in [4.69, 9.17) is 10.3 Å². The van der Waals surface area contributed by atoms with Gasteiger partial charge in [0.05, 0.1) is 11.5 Å². The van der Waals surface area contributed by atoms with E-state index in [-0.39, 0.29) is 17.5 Å². The van der Waals surface area contributed by atoms with Crippen LogP contribution in [0, 0.1) is 0 Å². The molecule has 1 aromatic rings. The lowest BCUT2D eigenvalue weighted by Crippen LogP contribution is -2.46. The predicted octanol–water partition coefficient (Wildman–Crippen LogP) is 1.80.